The first-order chi connectivity index (χ1) is 9.81. The average Bonchev–Trinajstić information content (AvgIpc) is 2.46. The zero-order chi connectivity index (χ0) is 16.0. The molecule has 1 N–H and O–H groups in total. The molecular formula is C11H14N2O6S2. The topological polar surface area (TPSA) is 116 Å². The second-order valence-corrected chi connectivity index (χ2v) is 6.79. The second-order valence-electron chi connectivity index (χ2n) is 3.77. The predicted molar refractivity (Wildman–Crippen MR) is 76.7 cm³/mol. The van der Waals surface area contributed by atoms with E-state index in [-0.39, 0.29) is 17.0 Å². The van der Waals surface area contributed by atoms with Crippen molar-refractivity contribution in [1.82, 2.24) is 4.72 Å². The number of methoxy groups -OCH3 is 1. The minimum Gasteiger partial charge on any atom is -0.469 e. The number of rotatable bonds is 7. The molecule has 0 aliphatic heterocycles. The Morgan fingerprint density at radius 2 is 2.14 bits per heavy atom. The molecule has 0 fully saturated rings. The first-order valence-corrected chi connectivity index (χ1v) is 8.20. The summed E-state index contributed by atoms with van der Waals surface area (Å²) in [5.74, 6) is -0.120. The normalized spacial score (nSPS) is 11.1. The maximum Gasteiger partial charge on any atom is 0.306 e. The number of carbonyl (C=O) groups is 1. The van der Waals surface area contributed by atoms with Gasteiger partial charge in [0.1, 0.15) is 0 Å². The molecule has 8 nitrogen and oxygen atoms in total. The van der Waals surface area contributed by atoms with Crippen molar-refractivity contribution in [2.45, 2.75) is 16.2 Å². The van der Waals surface area contributed by atoms with Gasteiger partial charge in [0, 0.05) is 11.8 Å². The summed E-state index contributed by atoms with van der Waals surface area (Å²) in [6.45, 7) is 0. The molecule has 1 aromatic carbocycles. The summed E-state index contributed by atoms with van der Waals surface area (Å²) in [7, 11) is -1.27. The quantitative estimate of drug-likeness (QED) is 0.344. The fourth-order valence-electron chi connectivity index (χ4n) is 1.39. The van der Waals surface area contributed by atoms with Gasteiger partial charge in [-0.1, -0.05) is 0 Å². The highest BCUT2D eigenvalue weighted by molar-refractivity contribution is 7.99. The monoisotopic (exact) mass is 334 g/mol. The van der Waals surface area contributed by atoms with Crippen molar-refractivity contribution in [2.24, 2.45) is 0 Å². The highest BCUT2D eigenvalue weighted by atomic mass is 32.2. The van der Waals surface area contributed by atoms with Crippen molar-refractivity contribution in [3.05, 3.63) is 28.3 Å². The number of benzene rings is 1. The van der Waals surface area contributed by atoms with E-state index < -0.39 is 20.9 Å². The van der Waals surface area contributed by atoms with E-state index in [0.29, 0.717) is 10.6 Å². The fraction of sp³-hybridized carbons (Fsp3) is 0.364. The summed E-state index contributed by atoms with van der Waals surface area (Å²) in [5.41, 5.74) is -0.318. The zero-order valence-electron chi connectivity index (χ0n) is 11.4. The van der Waals surface area contributed by atoms with Crippen LogP contribution in [0.1, 0.15) is 6.42 Å². The van der Waals surface area contributed by atoms with Gasteiger partial charge in [0.25, 0.3) is 5.69 Å². The summed E-state index contributed by atoms with van der Waals surface area (Å²) in [6, 6.07) is 3.62. The number of esters is 1. The summed E-state index contributed by atoms with van der Waals surface area (Å²) in [4.78, 5) is 21.5. The van der Waals surface area contributed by atoms with Crippen LogP contribution in [0, 0.1) is 10.1 Å². The molecule has 0 aliphatic rings. The molecular weight excluding hydrogens is 320 g/mol. The van der Waals surface area contributed by atoms with Crippen LogP contribution < -0.4 is 4.72 Å². The fourth-order valence-corrected chi connectivity index (χ4v) is 3.08. The van der Waals surface area contributed by atoms with Gasteiger partial charge in [-0.3, -0.25) is 14.9 Å². The first-order valence-electron chi connectivity index (χ1n) is 5.73. The van der Waals surface area contributed by atoms with Gasteiger partial charge < -0.3 is 4.74 Å². The minimum atomic E-state index is -3.75. The van der Waals surface area contributed by atoms with Gasteiger partial charge in [-0.15, -0.1) is 11.8 Å². The Morgan fingerprint density at radius 1 is 1.48 bits per heavy atom. The van der Waals surface area contributed by atoms with Crippen LogP contribution in [0.2, 0.25) is 0 Å². The standard InChI is InChI=1S/C11H14N2O6S2/c1-12-21(17,18)8-3-4-10(9(7-8)13(15)16)20-6-5-11(14)19-2/h3-4,7,12H,5-6H2,1-2H3. The van der Waals surface area contributed by atoms with E-state index in [4.69, 9.17) is 0 Å². The molecule has 0 heterocycles. The van der Waals surface area contributed by atoms with Crippen LogP contribution in [0.5, 0.6) is 0 Å². The lowest BCUT2D eigenvalue weighted by Crippen LogP contribution is -2.18. The van der Waals surface area contributed by atoms with E-state index in [1.165, 1.54) is 26.3 Å². The Balaban J connectivity index is 3.01. The molecule has 0 radical (unpaired) electrons. The Labute approximate surface area is 126 Å². The predicted octanol–water partition coefficient (Wildman–Crippen LogP) is 1.16. The number of thioether (sulfide) groups is 1. The van der Waals surface area contributed by atoms with Gasteiger partial charge in [0.05, 0.1) is 28.2 Å². The number of nitrogens with zero attached hydrogens (tertiary/aromatic N) is 1. The summed E-state index contributed by atoms with van der Waals surface area (Å²) in [6.07, 6.45) is 0.106. The van der Waals surface area contributed by atoms with Gasteiger partial charge in [-0.05, 0) is 19.2 Å². The highest BCUT2D eigenvalue weighted by Crippen LogP contribution is 2.31. The van der Waals surface area contributed by atoms with Crippen LogP contribution in [-0.4, -0.2) is 39.2 Å². The molecule has 0 saturated carbocycles. The van der Waals surface area contributed by atoms with Gasteiger partial charge in [0.2, 0.25) is 10.0 Å². The zero-order valence-corrected chi connectivity index (χ0v) is 13.0. The second kappa shape index (κ2) is 7.38. The third-order valence-corrected chi connectivity index (χ3v) is 4.97. The SMILES string of the molecule is CNS(=O)(=O)c1ccc(SCCC(=O)OC)c([N+](=O)[O-])c1. The molecule has 0 unspecified atom stereocenters. The molecule has 1 rings (SSSR count). The molecule has 0 aromatic heterocycles. The van der Waals surface area contributed by atoms with E-state index in [1.807, 2.05) is 0 Å². The van der Waals surface area contributed by atoms with Crippen molar-refractivity contribution in [3.63, 3.8) is 0 Å². The molecule has 116 valence electrons. The van der Waals surface area contributed by atoms with E-state index in [2.05, 4.69) is 9.46 Å². The molecule has 21 heavy (non-hydrogen) atoms. The lowest BCUT2D eigenvalue weighted by molar-refractivity contribution is -0.388. The smallest absolute Gasteiger partial charge is 0.306 e. The van der Waals surface area contributed by atoms with Crippen LogP contribution >= 0.6 is 11.8 Å². The van der Waals surface area contributed by atoms with Crippen molar-refractivity contribution in [2.75, 3.05) is 19.9 Å². The third kappa shape index (κ3) is 4.69. The number of hydrogen-bond acceptors (Lipinski definition) is 7. The summed E-state index contributed by atoms with van der Waals surface area (Å²) in [5, 5.41) is 11.0. The molecule has 0 amide bonds. The molecule has 0 atom stereocenters. The Morgan fingerprint density at radius 3 is 2.67 bits per heavy atom. The molecule has 0 aliphatic carbocycles. The van der Waals surface area contributed by atoms with Crippen molar-refractivity contribution >= 4 is 33.4 Å². The van der Waals surface area contributed by atoms with Crippen LogP contribution in [0.3, 0.4) is 0 Å². The van der Waals surface area contributed by atoms with E-state index in [9.17, 15) is 23.3 Å². The number of nitro benzene ring substituents is 1. The maximum atomic E-state index is 11.6. The summed E-state index contributed by atoms with van der Waals surface area (Å²) < 4.78 is 29.8. The van der Waals surface area contributed by atoms with Gasteiger partial charge in [-0.25, -0.2) is 13.1 Å². The Hall–Kier alpha value is -1.65. The Kier molecular flexibility index (Phi) is 6.12. The van der Waals surface area contributed by atoms with E-state index in [1.54, 1.807) is 0 Å². The van der Waals surface area contributed by atoms with E-state index >= 15 is 0 Å². The number of nitro groups is 1. The average molecular weight is 334 g/mol. The van der Waals surface area contributed by atoms with Crippen LogP contribution in [0.4, 0.5) is 5.69 Å². The lowest BCUT2D eigenvalue weighted by atomic mass is 10.3. The number of nitrogens with one attached hydrogen (secondary N) is 1. The van der Waals surface area contributed by atoms with Gasteiger partial charge in [0.15, 0.2) is 0 Å². The van der Waals surface area contributed by atoms with Gasteiger partial charge >= 0.3 is 5.97 Å². The largest absolute Gasteiger partial charge is 0.469 e. The minimum absolute atomic E-state index is 0.106. The van der Waals surface area contributed by atoms with Crippen molar-refractivity contribution in [1.29, 1.82) is 0 Å². The molecule has 1 aromatic rings. The number of ether oxygens (including phenoxy) is 1. The van der Waals surface area contributed by atoms with Gasteiger partial charge in [-0.2, -0.15) is 0 Å². The van der Waals surface area contributed by atoms with Crippen LogP contribution in [0.15, 0.2) is 28.0 Å². The number of carbonyl (C=O) groups excluding carboxylic acids is 1. The number of hydrogen-bond donors (Lipinski definition) is 1. The maximum absolute atomic E-state index is 11.6. The third-order valence-electron chi connectivity index (χ3n) is 2.50. The van der Waals surface area contributed by atoms with Crippen LogP contribution in [-0.2, 0) is 19.6 Å². The first kappa shape index (κ1) is 17.4. The van der Waals surface area contributed by atoms with Crippen molar-refractivity contribution in [3.8, 4) is 0 Å². The Bertz CT molecular complexity index is 644. The summed E-state index contributed by atoms with van der Waals surface area (Å²) >= 11 is 1.09. The highest BCUT2D eigenvalue weighted by Gasteiger charge is 2.20. The molecule has 0 bridgehead atoms. The van der Waals surface area contributed by atoms with Crippen LogP contribution in [0.25, 0.3) is 0 Å². The molecule has 10 heteroatoms. The molecule has 0 saturated heterocycles. The number of sulfonamides is 1. The lowest BCUT2D eigenvalue weighted by Gasteiger charge is -2.06. The van der Waals surface area contributed by atoms with Crippen molar-refractivity contribution < 1.29 is 22.9 Å². The van der Waals surface area contributed by atoms with E-state index in [0.717, 1.165) is 17.8 Å². The molecule has 0 spiro atoms.